The highest BCUT2D eigenvalue weighted by atomic mass is 35.5. The molecule has 26 heavy (non-hydrogen) atoms. The summed E-state index contributed by atoms with van der Waals surface area (Å²) in [5.74, 6) is -1.45. The van der Waals surface area contributed by atoms with Gasteiger partial charge in [0.05, 0.1) is 23.4 Å². The Bertz CT molecular complexity index is 832. The molecule has 2 rings (SSSR count). The van der Waals surface area contributed by atoms with Gasteiger partial charge in [-0.05, 0) is 50.2 Å². The summed E-state index contributed by atoms with van der Waals surface area (Å²) >= 11 is 6.03. The first-order chi connectivity index (χ1) is 12.3. The van der Waals surface area contributed by atoms with Crippen molar-refractivity contribution in [2.75, 3.05) is 17.7 Å². The summed E-state index contributed by atoms with van der Waals surface area (Å²) in [5, 5.41) is 5.70. The first-order valence-corrected chi connectivity index (χ1v) is 8.19. The zero-order chi connectivity index (χ0) is 19.3. The van der Waals surface area contributed by atoms with E-state index in [2.05, 4.69) is 15.4 Å². The quantitative estimate of drug-likeness (QED) is 0.617. The number of nitrogens with one attached hydrogen (secondary N) is 2. The molecule has 2 aromatic rings. The van der Waals surface area contributed by atoms with Gasteiger partial charge in [-0.2, -0.15) is 0 Å². The van der Waals surface area contributed by atoms with Crippen molar-refractivity contribution in [3.8, 4) is 0 Å². The van der Waals surface area contributed by atoms with Gasteiger partial charge in [-0.15, -0.1) is 0 Å². The molecule has 2 amide bonds. The average molecular weight is 375 g/mol. The number of amides is 2. The van der Waals surface area contributed by atoms with Crippen molar-refractivity contribution in [3.63, 3.8) is 0 Å². The number of ether oxygens (including phenoxy) is 1. The van der Waals surface area contributed by atoms with Crippen molar-refractivity contribution < 1.29 is 19.1 Å². The lowest BCUT2D eigenvalue weighted by atomic mass is 9.90. The molecule has 2 aromatic carbocycles. The second kappa shape index (κ2) is 8.01. The molecule has 0 fully saturated rings. The van der Waals surface area contributed by atoms with E-state index in [1.807, 2.05) is 0 Å². The Balaban J connectivity index is 2.08. The van der Waals surface area contributed by atoms with Crippen LogP contribution in [0.4, 0.5) is 11.4 Å². The molecular weight excluding hydrogens is 356 g/mol. The van der Waals surface area contributed by atoms with Gasteiger partial charge < -0.3 is 15.4 Å². The number of benzene rings is 2. The third-order valence-corrected chi connectivity index (χ3v) is 4.15. The number of anilines is 2. The number of rotatable bonds is 5. The maximum atomic E-state index is 12.5. The van der Waals surface area contributed by atoms with Crippen LogP contribution in [0.2, 0.25) is 5.02 Å². The molecule has 2 N–H and O–H groups in total. The lowest BCUT2D eigenvalue weighted by molar-refractivity contribution is -0.135. The summed E-state index contributed by atoms with van der Waals surface area (Å²) < 4.78 is 4.62. The number of hydrogen-bond acceptors (Lipinski definition) is 4. The highest BCUT2D eigenvalue weighted by Crippen LogP contribution is 2.25. The number of hydrogen-bond donors (Lipinski definition) is 2. The van der Waals surface area contributed by atoms with E-state index in [0.717, 1.165) is 0 Å². The molecular formula is C19H19ClN2O4. The van der Waals surface area contributed by atoms with Crippen molar-refractivity contribution in [2.24, 2.45) is 5.41 Å². The largest absolute Gasteiger partial charge is 0.465 e. The molecule has 0 heterocycles. The second-order valence-electron chi connectivity index (χ2n) is 6.08. The molecule has 7 heteroatoms. The molecule has 0 bridgehead atoms. The number of carbonyl (C=O) groups is 3. The summed E-state index contributed by atoms with van der Waals surface area (Å²) in [7, 11) is 1.29. The molecule has 0 aliphatic heterocycles. The highest BCUT2D eigenvalue weighted by molar-refractivity contribution is 6.34. The van der Waals surface area contributed by atoms with Gasteiger partial charge in [-0.25, -0.2) is 4.79 Å². The standard InChI is InChI=1S/C19H19ClN2O4/c1-19(2,18(25)22-15-7-5-4-6-14(15)20)17(24)21-13-10-8-12(9-11-13)16(23)26-3/h4-11H,1-3H3,(H,21,24)(H,22,25). The van der Waals surface area contributed by atoms with Crippen molar-refractivity contribution in [1.29, 1.82) is 0 Å². The monoisotopic (exact) mass is 374 g/mol. The smallest absolute Gasteiger partial charge is 0.337 e. The molecule has 0 aromatic heterocycles. The van der Waals surface area contributed by atoms with E-state index in [1.54, 1.807) is 36.4 Å². The third kappa shape index (κ3) is 4.40. The van der Waals surface area contributed by atoms with Gasteiger partial charge in [0.15, 0.2) is 0 Å². The van der Waals surface area contributed by atoms with Crippen LogP contribution in [0.1, 0.15) is 24.2 Å². The van der Waals surface area contributed by atoms with Crippen LogP contribution in [0.3, 0.4) is 0 Å². The predicted molar refractivity (Wildman–Crippen MR) is 100 cm³/mol. The van der Waals surface area contributed by atoms with E-state index in [1.165, 1.54) is 33.1 Å². The third-order valence-electron chi connectivity index (χ3n) is 3.82. The van der Waals surface area contributed by atoms with Crippen molar-refractivity contribution in [1.82, 2.24) is 0 Å². The fourth-order valence-corrected chi connectivity index (χ4v) is 2.22. The molecule has 136 valence electrons. The molecule has 0 radical (unpaired) electrons. The molecule has 6 nitrogen and oxygen atoms in total. The van der Waals surface area contributed by atoms with Crippen LogP contribution < -0.4 is 10.6 Å². The molecule has 0 saturated heterocycles. The Morgan fingerprint density at radius 2 is 1.50 bits per heavy atom. The first-order valence-electron chi connectivity index (χ1n) is 7.81. The van der Waals surface area contributed by atoms with Gasteiger partial charge in [0.25, 0.3) is 0 Å². The van der Waals surface area contributed by atoms with Gasteiger partial charge >= 0.3 is 5.97 Å². The maximum Gasteiger partial charge on any atom is 0.337 e. The zero-order valence-corrected chi connectivity index (χ0v) is 15.4. The number of para-hydroxylation sites is 1. The number of halogens is 1. The number of methoxy groups -OCH3 is 1. The Hall–Kier alpha value is -2.86. The van der Waals surface area contributed by atoms with Crippen LogP contribution in [-0.2, 0) is 14.3 Å². The zero-order valence-electron chi connectivity index (χ0n) is 14.6. The topological polar surface area (TPSA) is 84.5 Å². The Labute approximate surface area is 156 Å². The average Bonchev–Trinajstić information content (AvgIpc) is 2.63. The molecule has 0 saturated carbocycles. The van der Waals surface area contributed by atoms with E-state index < -0.39 is 23.2 Å². The van der Waals surface area contributed by atoms with E-state index in [-0.39, 0.29) is 0 Å². The normalized spacial score (nSPS) is 10.8. The van der Waals surface area contributed by atoms with Gasteiger partial charge in [0.2, 0.25) is 11.8 Å². The van der Waals surface area contributed by atoms with Crippen LogP contribution in [0.5, 0.6) is 0 Å². The van der Waals surface area contributed by atoms with Crippen LogP contribution in [0.15, 0.2) is 48.5 Å². The molecule has 0 unspecified atom stereocenters. The summed E-state index contributed by atoms with van der Waals surface area (Å²) in [5.41, 5.74) is -0.0924. The summed E-state index contributed by atoms with van der Waals surface area (Å²) in [6, 6.07) is 13.0. The van der Waals surface area contributed by atoms with Crippen molar-refractivity contribution in [3.05, 3.63) is 59.1 Å². The van der Waals surface area contributed by atoms with Crippen LogP contribution in [0, 0.1) is 5.41 Å². The minimum atomic E-state index is -1.35. The first kappa shape index (κ1) is 19.5. The van der Waals surface area contributed by atoms with Crippen LogP contribution >= 0.6 is 11.6 Å². The van der Waals surface area contributed by atoms with E-state index >= 15 is 0 Å². The van der Waals surface area contributed by atoms with Gasteiger partial charge in [-0.3, -0.25) is 9.59 Å². The SMILES string of the molecule is COC(=O)c1ccc(NC(=O)C(C)(C)C(=O)Nc2ccccc2Cl)cc1. The van der Waals surface area contributed by atoms with E-state index in [0.29, 0.717) is 22.0 Å². The maximum absolute atomic E-state index is 12.5. The molecule has 0 spiro atoms. The highest BCUT2D eigenvalue weighted by Gasteiger charge is 2.36. The van der Waals surface area contributed by atoms with E-state index in [4.69, 9.17) is 11.6 Å². The predicted octanol–water partition coefficient (Wildman–Crippen LogP) is 3.73. The Morgan fingerprint density at radius 3 is 2.08 bits per heavy atom. The van der Waals surface area contributed by atoms with Crippen molar-refractivity contribution >= 4 is 40.8 Å². The van der Waals surface area contributed by atoms with Gasteiger partial charge in [-0.1, -0.05) is 23.7 Å². The minimum absolute atomic E-state index is 0.362. The minimum Gasteiger partial charge on any atom is -0.465 e. The second-order valence-corrected chi connectivity index (χ2v) is 6.49. The summed E-state index contributed by atoms with van der Waals surface area (Å²) in [6.45, 7) is 3.02. The van der Waals surface area contributed by atoms with Crippen LogP contribution in [-0.4, -0.2) is 24.9 Å². The van der Waals surface area contributed by atoms with Gasteiger partial charge in [0.1, 0.15) is 5.41 Å². The Kier molecular flexibility index (Phi) is 6.00. The summed E-state index contributed by atoms with van der Waals surface area (Å²) in [6.07, 6.45) is 0. The number of esters is 1. The lowest BCUT2D eigenvalue weighted by Gasteiger charge is -2.23. The summed E-state index contributed by atoms with van der Waals surface area (Å²) in [4.78, 5) is 36.5. The molecule has 0 aliphatic carbocycles. The Morgan fingerprint density at radius 1 is 0.923 bits per heavy atom. The van der Waals surface area contributed by atoms with Crippen molar-refractivity contribution in [2.45, 2.75) is 13.8 Å². The lowest BCUT2D eigenvalue weighted by Crippen LogP contribution is -2.41. The fourth-order valence-electron chi connectivity index (χ4n) is 2.04. The number of carbonyl (C=O) groups excluding carboxylic acids is 3. The molecule has 0 atom stereocenters. The fraction of sp³-hybridized carbons (Fsp3) is 0.211. The van der Waals surface area contributed by atoms with E-state index in [9.17, 15) is 14.4 Å². The molecule has 0 aliphatic rings. The van der Waals surface area contributed by atoms with Gasteiger partial charge in [0, 0.05) is 5.69 Å². The van der Waals surface area contributed by atoms with Crippen LogP contribution in [0.25, 0.3) is 0 Å².